The van der Waals surface area contributed by atoms with Crippen molar-refractivity contribution in [1.82, 2.24) is 0 Å². The molecule has 0 bridgehead atoms. The van der Waals surface area contributed by atoms with Crippen LogP contribution in [-0.4, -0.2) is 12.6 Å². The molecule has 3 heteroatoms. The molecule has 0 spiro atoms. The van der Waals surface area contributed by atoms with Gasteiger partial charge in [0.05, 0.1) is 6.07 Å². The Bertz CT molecular complexity index is 1460. The monoisotopic (exact) mass is 465 g/mol. The number of allylic oxidation sites excluding steroid dienone is 2. The highest BCUT2D eigenvalue weighted by atomic mass is 16.1. The second kappa shape index (κ2) is 9.44. The number of fused-ring (bicyclic) bond motifs is 3. The third-order valence-electron chi connectivity index (χ3n) is 6.85. The van der Waals surface area contributed by atoms with E-state index in [2.05, 4.69) is 42.5 Å². The quantitative estimate of drug-likeness (QED) is 0.222. The standard InChI is InChI=1S/C33H23NO2/c1-33(22-34)31-20-27(25-10-6-23(7-11-25)4-2-18-35)14-16-29(31)30-17-15-28(21-32(30)33)26-12-8-24(9-13-26)5-3-19-36/h2-21H,1H3/b4-2+,5-3+. The molecule has 0 amide bonds. The summed E-state index contributed by atoms with van der Waals surface area (Å²) in [7, 11) is 0. The molecule has 5 rings (SSSR count). The number of nitriles is 1. The predicted octanol–water partition coefficient (Wildman–Crippen LogP) is 7.25. The number of nitrogens with zero attached hydrogens (tertiary/aromatic N) is 1. The van der Waals surface area contributed by atoms with Gasteiger partial charge in [0.2, 0.25) is 0 Å². The van der Waals surface area contributed by atoms with Crippen LogP contribution in [0.15, 0.2) is 97.1 Å². The molecule has 0 radical (unpaired) electrons. The number of benzene rings is 4. The molecule has 1 aliphatic carbocycles. The van der Waals surface area contributed by atoms with Gasteiger partial charge in [0.15, 0.2) is 0 Å². The van der Waals surface area contributed by atoms with E-state index in [9.17, 15) is 14.9 Å². The van der Waals surface area contributed by atoms with Gasteiger partial charge in [0, 0.05) is 0 Å². The van der Waals surface area contributed by atoms with E-state index in [1.807, 2.05) is 55.5 Å². The molecule has 0 heterocycles. The van der Waals surface area contributed by atoms with Crippen molar-refractivity contribution in [2.24, 2.45) is 0 Å². The Balaban J connectivity index is 1.53. The minimum Gasteiger partial charge on any atom is -0.299 e. The average molecular weight is 466 g/mol. The van der Waals surface area contributed by atoms with Crippen LogP contribution in [0.3, 0.4) is 0 Å². The summed E-state index contributed by atoms with van der Waals surface area (Å²) in [5.74, 6) is 0. The van der Waals surface area contributed by atoms with Crippen molar-refractivity contribution in [3.8, 4) is 39.4 Å². The van der Waals surface area contributed by atoms with Crippen LogP contribution in [0, 0.1) is 11.3 Å². The second-order valence-corrected chi connectivity index (χ2v) is 8.99. The highest BCUT2D eigenvalue weighted by Gasteiger charge is 2.40. The summed E-state index contributed by atoms with van der Waals surface area (Å²) < 4.78 is 0. The SMILES string of the molecule is CC1(C#N)c2cc(-c3ccc(/C=C/C=O)cc3)ccc2-c2ccc(-c3ccc(/C=C/C=O)cc3)cc21. The van der Waals surface area contributed by atoms with Crippen molar-refractivity contribution >= 4 is 24.7 Å². The van der Waals surface area contributed by atoms with E-state index in [4.69, 9.17) is 0 Å². The fourth-order valence-electron chi connectivity index (χ4n) is 4.88. The van der Waals surface area contributed by atoms with Crippen LogP contribution in [-0.2, 0) is 15.0 Å². The minimum absolute atomic E-state index is 0.767. The van der Waals surface area contributed by atoms with Crippen LogP contribution >= 0.6 is 0 Å². The summed E-state index contributed by atoms with van der Waals surface area (Å²) in [6.07, 6.45) is 8.04. The van der Waals surface area contributed by atoms with Gasteiger partial charge in [-0.05, 0) is 86.8 Å². The molecule has 36 heavy (non-hydrogen) atoms. The lowest BCUT2D eigenvalue weighted by Crippen LogP contribution is -2.17. The Kier molecular flexibility index (Phi) is 6.02. The molecule has 0 fully saturated rings. The van der Waals surface area contributed by atoms with Crippen LogP contribution in [0.25, 0.3) is 45.5 Å². The van der Waals surface area contributed by atoms with E-state index in [-0.39, 0.29) is 0 Å². The van der Waals surface area contributed by atoms with Crippen LogP contribution < -0.4 is 0 Å². The highest BCUT2D eigenvalue weighted by molar-refractivity contribution is 5.87. The lowest BCUT2D eigenvalue weighted by molar-refractivity contribution is -0.104. The highest BCUT2D eigenvalue weighted by Crippen LogP contribution is 2.50. The zero-order valence-corrected chi connectivity index (χ0v) is 19.8. The van der Waals surface area contributed by atoms with E-state index in [0.717, 1.165) is 68.2 Å². The molecule has 1 aliphatic rings. The van der Waals surface area contributed by atoms with Gasteiger partial charge in [-0.2, -0.15) is 5.26 Å². The largest absolute Gasteiger partial charge is 0.299 e. The summed E-state index contributed by atoms with van der Waals surface area (Å²) in [6, 6.07) is 31.3. The molecular weight excluding hydrogens is 442 g/mol. The first-order chi connectivity index (χ1) is 17.6. The first-order valence-corrected chi connectivity index (χ1v) is 11.7. The maximum Gasteiger partial charge on any atom is 0.142 e. The number of carbonyl (C=O) groups is 2. The fourth-order valence-corrected chi connectivity index (χ4v) is 4.88. The van der Waals surface area contributed by atoms with Gasteiger partial charge < -0.3 is 0 Å². The van der Waals surface area contributed by atoms with Gasteiger partial charge in [0.1, 0.15) is 18.0 Å². The van der Waals surface area contributed by atoms with E-state index >= 15 is 0 Å². The molecule has 0 aromatic heterocycles. The van der Waals surface area contributed by atoms with Gasteiger partial charge in [-0.1, -0.05) is 84.9 Å². The summed E-state index contributed by atoms with van der Waals surface area (Å²) in [4.78, 5) is 21.2. The first-order valence-electron chi connectivity index (χ1n) is 11.7. The van der Waals surface area contributed by atoms with Crippen molar-refractivity contribution in [2.45, 2.75) is 12.3 Å². The molecule has 0 unspecified atom stereocenters. The Hall–Kier alpha value is -4.81. The van der Waals surface area contributed by atoms with Crippen molar-refractivity contribution in [2.75, 3.05) is 0 Å². The van der Waals surface area contributed by atoms with E-state index < -0.39 is 5.41 Å². The third-order valence-corrected chi connectivity index (χ3v) is 6.85. The van der Waals surface area contributed by atoms with Gasteiger partial charge in [-0.15, -0.1) is 0 Å². The second-order valence-electron chi connectivity index (χ2n) is 8.99. The molecule has 0 saturated carbocycles. The Morgan fingerprint density at radius 2 is 1.00 bits per heavy atom. The van der Waals surface area contributed by atoms with E-state index in [0.29, 0.717) is 0 Å². The number of rotatable bonds is 6. The molecule has 4 aromatic carbocycles. The normalized spacial score (nSPS) is 13.3. The summed E-state index contributed by atoms with van der Waals surface area (Å²) in [5.41, 5.74) is 9.56. The van der Waals surface area contributed by atoms with Gasteiger partial charge in [-0.3, -0.25) is 9.59 Å². The average Bonchev–Trinajstić information content (AvgIpc) is 3.19. The molecule has 3 nitrogen and oxygen atoms in total. The van der Waals surface area contributed by atoms with Gasteiger partial charge >= 0.3 is 0 Å². The lowest BCUT2D eigenvalue weighted by Gasteiger charge is -2.19. The molecule has 0 aliphatic heterocycles. The summed E-state index contributed by atoms with van der Waals surface area (Å²) >= 11 is 0. The zero-order chi connectivity index (χ0) is 25.1. The number of aldehydes is 2. The molecule has 4 aromatic rings. The number of hydrogen-bond donors (Lipinski definition) is 0. The maximum atomic E-state index is 10.6. The number of hydrogen-bond acceptors (Lipinski definition) is 3. The van der Waals surface area contributed by atoms with E-state index in [1.165, 1.54) is 12.2 Å². The van der Waals surface area contributed by atoms with Crippen molar-refractivity contribution < 1.29 is 9.59 Å². The summed E-state index contributed by atoms with van der Waals surface area (Å²) in [6.45, 7) is 1.99. The van der Waals surface area contributed by atoms with Gasteiger partial charge in [-0.25, -0.2) is 0 Å². The van der Waals surface area contributed by atoms with Crippen molar-refractivity contribution in [1.29, 1.82) is 5.26 Å². The lowest BCUT2D eigenvalue weighted by atomic mass is 9.80. The Labute approximate surface area is 210 Å². The van der Waals surface area contributed by atoms with Crippen LogP contribution in [0.1, 0.15) is 29.2 Å². The maximum absolute atomic E-state index is 10.6. The zero-order valence-electron chi connectivity index (χ0n) is 19.8. The smallest absolute Gasteiger partial charge is 0.142 e. The Morgan fingerprint density at radius 1 is 0.611 bits per heavy atom. The van der Waals surface area contributed by atoms with Crippen molar-refractivity contribution in [3.63, 3.8) is 0 Å². The van der Waals surface area contributed by atoms with Crippen LogP contribution in [0.5, 0.6) is 0 Å². The number of carbonyl (C=O) groups excluding carboxylic acids is 2. The molecule has 0 N–H and O–H groups in total. The minimum atomic E-state index is -0.768. The van der Waals surface area contributed by atoms with E-state index in [1.54, 1.807) is 12.2 Å². The molecular formula is C33H23NO2. The van der Waals surface area contributed by atoms with Crippen LogP contribution in [0.4, 0.5) is 0 Å². The third kappa shape index (κ3) is 4.00. The van der Waals surface area contributed by atoms with Gasteiger partial charge in [0.25, 0.3) is 0 Å². The topological polar surface area (TPSA) is 57.9 Å². The fraction of sp³-hybridized carbons (Fsp3) is 0.0606. The van der Waals surface area contributed by atoms with Crippen molar-refractivity contribution in [3.05, 3.63) is 119 Å². The molecule has 0 atom stereocenters. The molecule has 0 saturated heterocycles. The van der Waals surface area contributed by atoms with Crippen LogP contribution in [0.2, 0.25) is 0 Å². The first kappa shape index (κ1) is 23.0. The Morgan fingerprint density at radius 3 is 1.36 bits per heavy atom. The predicted molar refractivity (Wildman–Crippen MR) is 145 cm³/mol. The molecule has 172 valence electrons. The summed E-state index contributed by atoms with van der Waals surface area (Å²) in [5, 5.41) is 10.4.